The van der Waals surface area contributed by atoms with Crippen LogP contribution in [-0.2, 0) is 19.4 Å². The molecule has 0 aromatic carbocycles. The van der Waals surface area contributed by atoms with Crippen molar-refractivity contribution < 1.29 is 17.9 Å². The Labute approximate surface area is 115 Å². The smallest absolute Gasteiger partial charge is 0.322 e. The summed E-state index contributed by atoms with van der Waals surface area (Å²) in [6.07, 6.45) is 4.50. The van der Waals surface area contributed by atoms with E-state index in [0.29, 0.717) is 24.0 Å². The van der Waals surface area contributed by atoms with E-state index in [-0.39, 0.29) is 17.4 Å². The molecule has 0 aromatic heterocycles. The van der Waals surface area contributed by atoms with Crippen molar-refractivity contribution >= 4 is 15.8 Å². The van der Waals surface area contributed by atoms with Crippen LogP contribution in [-0.4, -0.2) is 45.1 Å². The van der Waals surface area contributed by atoms with Gasteiger partial charge in [0.15, 0.2) is 9.84 Å². The monoisotopic (exact) mass is 289 g/mol. The number of rotatable bonds is 4. The molecule has 1 heterocycles. The van der Waals surface area contributed by atoms with Gasteiger partial charge in [-0.25, -0.2) is 8.42 Å². The van der Waals surface area contributed by atoms with Gasteiger partial charge in [-0.2, -0.15) is 0 Å². The third-order valence-corrected chi connectivity index (χ3v) is 6.53. The Kier molecular flexibility index (Phi) is 4.20. The van der Waals surface area contributed by atoms with E-state index in [0.717, 1.165) is 25.7 Å². The first-order valence-corrected chi connectivity index (χ1v) is 8.76. The third-order valence-electron chi connectivity index (χ3n) is 4.43. The molecule has 19 heavy (non-hydrogen) atoms. The molecule has 0 amide bonds. The lowest BCUT2D eigenvalue weighted by molar-refractivity contribution is -0.143. The molecule has 2 aliphatic rings. The topological polar surface area (TPSA) is 72.5 Å². The standard InChI is InChI=1S/C13H23NO4S/c1-3-11(12(15)18-2)14-10-4-6-13(7-5-10)8-19(16,17)9-13/h10-11,14H,3-9H2,1-2H3. The predicted octanol–water partition coefficient (Wildman–Crippen LogP) is 0.885. The lowest BCUT2D eigenvalue weighted by Gasteiger charge is -2.46. The van der Waals surface area contributed by atoms with Crippen molar-refractivity contribution in [3.63, 3.8) is 0 Å². The Balaban J connectivity index is 1.82. The molecule has 110 valence electrons. The van der Waals surface area contributed by atoms with Crippen LogP contribution < -0.4 is 5.32 Å². The third kappa shape index (κ3) is 3.28. The zero-order chi connectivity index (χ0) is 14.1. The summed E-state index contributed by atoms with van der Waals surface area (Å²) >= 11 is 0. The maximum atomic E-state index is 11.5. The summed E-state index contributed by atoms with van der Waals surface area (Å²) in [5, 5.41) is 3.34. The van der Waals surface area contributed by atoms with Crippen molar-refractivity contribution in [3.05, 3.63) is 0 Å². The second kappa shape index (κ2) is 5.40. The van der Waals surface area contributed by atoms with Crippen molar-refractivity contribution in [1.82, 2.24) is 5.32 Å². The lowest BCUT2D eigenvalue weighted by Crippen LogP contribution is -2.53. The number of nitrogens with one attached hydrogen (secondary N) is 1. The molecule has 1 aliphatic heterocycles. The Morgan fingerprint density at radius 3 is 2.37 bits per heavy atom. The number of carbonyl (C=O) groups is 1. The number of hydrogen-bond acceptors (Lipinski definition) is 5. The molecule has 1 unspecified atom stereocenters. The van der Waals surface area contributed by atoms with Crippen LogP contribution in [0.5, 0.6) is 0 Å². The minimum atomic E-state index is -2.75. The van der Waals surface area contributed by atoms with Gasteiger partial charge in [0.25, 0.3) is 0 Å². The van der Waals surface area contributed by atoms with Gasteiger partial charge < -0.3 is 10.1 Å². The van der Waals surface area contributed by atoms with E-state index in [4.69, 9.17) is 4.74 Å². The molecule has 2 rings (SSSR count). The number of carbonyl (C=O) groups excluding carboxylic acids is 1. The van der Waals surface area contributed by atoms with Crippen LogP contribution in [0.3, 0.4) is 0 Å². The average molecular weight is 289 g/mol. The first-order valence-electron chi connectivity index (χ1n) is 6.94. The fourth-order valence-corrected chi connectivity index (χ4v) is 5.71. The zero-order valence-electron chi connectivity index (χ0n) is 11.6. The normalized spacial score (nSPS) is 26.6. The van der Waals surface area contributed by atoms with Gasteiger partial charge in [0, 0.05) is 6.04 Å². The summed E-state index contributed by atoms with van der Waals surface area (Å²) in [5.74, 6) is 0.510. The summed E-state index contributed by atoms with van der Waals surface area (Å²) in [5.41, 5.74) is 0.0456. The van der Waals surface area contributed by atoms with Gasteiger partial charge in [-0.15, -0.1) is 0 Å². The summed E-state index contributed by atoms with van der Waals surface area (Å²) in [6.45, 7) is 1.96. The number of ether oxygens (including phenoxy) is 1. The van der Waals surface area contributed by atoms with Gasteiger partial charge in [0.05, 0.1) is 18.6 Å². The second-order valence-corrected chi connectivity index (χ2v) is 8.02. The Bertz CT molecular complexity index is 424. The largest absolute Gasteiger partial charge is 0.468 e. The van der Waals surface area contributed by atoms with Crippen LogP contribution in [0.15, 0.2) is 0 Å². The van der Waals surface area contributed by atoms with E-state index in [1.165, 1.54) is 7.11 Å². The van der Waals surface area contributed by atoms with Crippen molar-refractivity contribution in [3.8, 4) is 0 Å². The van der Waals surface area contributed by atoms with Gasteiger partial charge in [-0.05, 0) is 37.5 Å². The summed E-state index contributed by atoms with van der Waals surface area (Å²) < 4.78 is 27.4. The van der Waals surface area contributed by atoms with Crippen LogP contribution in [0.1, 0.15) is 39.0 Å². The van der Waals surface area contributed by atoms with Crippen molar-refractivity contribution in [2.24, 2.45) is 5.41 Å². The fourth-order valence-electron chi connectivity index (χ4n) is 3.36. The van der Waals surface area contributed by atoms with E-state index in [1.54, 1.807) is 0 Å². The van der Waals surface area contributed by atoms with Crippen LogP contribution in [0.4, 0.5) is 0 Å². The molecule has 5 nitrogen and oxygen atoms in total. The van der Waals surface area contributed by atoms with E-state index < -0.39 is 9.84 Å². The summed E-state index contributed by atoms with van der Waals surface area (Å²) in [4.78, 5) is 11.5. The molecule has 6 heteroatoms. The van der Waals surface area contributed by atoms with Gasteiger partial charge in [-0.1, -0.05) is 6.92 Å². The molecule has 0 bridgehead atoms. The number of sulfone groups is 1. The highest BCUT2D eigenvalue weighted by molar-refractivity contribution is 7.92. The van der Waals surface area contributed by atoms with Crippen LogP contribution >= 0.6 is 0 Å². The average Bonchev–Trinajstić information content (AvgIpc) is 2.35. The Morgan fingerprint density at radius 1 is 1.37 bits per heavy atom. The molecule has 1 saturated heterocycles. The Hall–Kier alpha value is -0.620. The molecule has 1 atom stereocenters. The van der Waals surface area contributed by atoms with Crippen LogP contribution in [0, 0.1) is 5.41 Å². The minimum absolute atomic E-state index is 0.0456. The van der Waals surface area contributed by atoms with Crippen molar-refractivity contribution in [1.29, 1.82) is 0 Å². The van der Waals surface area contributed by atoms with Gasteiger partial charge >= 0.3 is 5.97 Å². The highest BCUT2D eigenvalue weighted by atomic mass is 32.2. The van der Waals surface area contributed by atoms with Crippen molar-refractivity contribution in [2.75, 3.05) is 18.6 Å². The zero-order valence-corrected chi connectivity index (χ0v) is 12.5. The van der Waals surface area contributed by atoms with Gasteiger partial charge in [-0.3, -0.25) is 4.79 Å². The minimum Gasteiger partial charge on any atom is -0.468 e. The maximum absolute atomic E-state index is 11.5. The van der Waals surface area contributed by atoms with Crippen molar-refractivity contribution in [2.45, 2.75) is 51.1 Å². The predicted molar refractivity (Wildman–Crippen MR) is 72.6 cm³/mol. The molecule has 1 saturated carbocycles. The van der Waals surface area contributed by atoms with E-state index in [1.807, 2.05) is 6.92 Å². The molecule has 2 fully saturated rings. The highest BCUT2D eigenvalue weighted by Crippen LogP contribution is 2.45. The number of methoxy groups -OCH3 is 1. The van der Waals surface area contributed by atoms with Crippen LogP contribution in [0.25, 0.3) is 0 Å². The second-order valence-electron chi connectivity index (χ2n) is 5.96. The van der Waals surface area contributed by atoms with E-state index in [2.05, 4.69) is 5.32 Å². The molecule has 1 N–H and O–H groups in total. The molecular weight excluding hydrogens is 266 g/mol. The molecule has 1 aliphatic carbocycles. The summed E-state index contributed by atoms with van der Waals surface area (Å²) in [7, 11) is -1.34. The first kappa shape index (κ1) is 14.8. The quantitative estimate of drug-likeness (QED) is 0.778. The molecular formula is C13H23NO4S. The highest BCUT2D eigenvalue weighted by Gasteiger charge is 2.49. The Morgan fingerprint density at radius 2 is 1.95 bits per heavy atom. The number of esters is 1. The molecule has 0 radical (unpaired) electrons. The molecule has 1 spiro atoms. The van der Waals surface area contributed by atoms with Crippen LogP contribution in [0.2, 0.25) is 0 Å². The summed E-state index contributed by atoms with van der Waals surface area (Å²) in [6, 6.07) is 0.0622. The lowest BCUT2D eigenvalue weighted by atomic mass is 9.74. The van der Waals surface area contributed by atoms with Gasteiger partial charge in [0.2, 0.25) is 0 Å². The van der Waals surface area contributed by atoms with E-state index in [9.17, 15) is 13.2 Å². The first-order chi connectivity index (χ1) is 8.90. The van der Waals surface area contributed by atoms with E-state index >= 15 is 0 Å². The SMILES string of the molecule is CCC(NC1CCC2(CC1)CS(=O)(=O)C2)C(=O)OC. The molecule has 0 aromatic rings. The number of hydrogen-bond donors (Lipinski definition) is 1. The maximum Gasteiger partial charge on any atom is 0.322 e. The fraction of sp³-hybridized carbons (Fsp3) is 0.923. The van der Waals surface area contributed by atoms with Gasteiger partial charge in [0.1, 0.15) is 6.04 Å².